The Balaban J connectivity index is 1.68. The van der Waals surface area contributed by atoms with Crippen LogP contribution in [0.4, 0.5) is 10.1 Å². The van der Waals surface area contributed by atoms with Crippen LogP contribution >= 0.6 is 11.6 Å². The Morgan fingerprint density at radius 2 is 1.62 bits per heavy atom. The zero-order valence-corrected chi connectivity index (χ0v) is 15.9. The molecule has 1 N–H and O–H groups in total. The van der Waals surface area contributed by atoms with E-state index in [0.717, 1.165) is 5.56 Å². The molecule has 0 spiro atoms. The van der Waals surface area contributed by atoms with E-state index in [-0.39, 0.29) is 23.7 Å². The summed E-state index contributed by atoms with van der Waals surface area (Å²) in [6.45, 7) is 0. The van der Waals surface area contributed by atoms with Crippen LogP contribution in [-0.2, 0) is 11.2 Å². The summed E-state index contributed by atoms with van der Waals surface area (Å²) in [6, 6.07) is 19.2. The minimum Gasteiger partial charge on any atom is -0.450 e. The van der Waals surface area contributed by atoms with Gasteiger partial charge in [0.05, 0.1) is 12.1 Å². The second-order valence-corrected chi connectivity index (χ2v) is 6.93. The number of carbonyl (C=O) groups excluding carboxylic acids is 2. The number of hydrogen-bond donors (Lipinski definition) is 1. The van der Waals surface area contributed by atoms with E-state index in [4.69, 9.17) is 16.0 Å². The zero-order valence-electron chi connectivity index (χ0n) is 15.1. The lowest BCUT2D eigenvalue weighted by molar-refractivity contribution is -0.115. The Labute approximate surface area is 170 Å². The van der Waals surface area contributed by atoms with Crippen LogP contribution in [0.1, 0.15) is 21.7 Å². The molecule has 0 radical (unpaired) electrons. The monoisotopic (exact) mass is 407 g/mol. The van der Waals surface area contributed by atoms with Gasteiger partial charge in [0.25, 0.3) is 0 Å². The number of rotatable bonds is 5. The minimum absolute atomic E-state index is 0.00210. The number of furan rings is 1. The number of nitrogens with one attached hydrogen (secondary N) is 1. The summed E-state index contributed by atoms with van der Waals surface area (Å²) < 4.78 is 18.9. The van der Waals surface area contributed by atoms with E-state index in [1.165, 1.54) is 24.3 Å². The van der Waals surface area contributed by atoms with Gasteiger partial charge in [-0.05, 0) is 54.1 Å². The second-order valence-electron chi connectivity index (χ2n) is 6.49. The molecule has 0 unspecified atom stereocenters. The summed E-state index contributed by atoms with van der Waals surface area (Å²) >= 11 is 5.88. The number of fused-ring (bicyclic) bond motifs is 1. The molecule has 0 atom stereocenters. The van der Waals surface area contributed by atoms with E-state index < -0.39 is 11.6 Å². The lowest BCUT2D eigenvalue weighted by Gasteiger charge is -2.07. The van der Waals surface area contributed by atoms with Gasteiger partial charge in [-0.25, -0.2) is 4.39 Å². The molecule has 6 heteroatoms. The maximum absolute atomic E-state index is 13.2. The summed E-state index contributed by atoms with van der Waals surface area (Å²) in [5.41, 5.74) is 1.82. The van der Waals surface area contributed by atoms with Gasteiger partial charge in [-0.15, -0.1) is 0 Å². The van der Waals surface area contributed by atoms with Crippen LogP contribution < -0.4 is 5.32 Å². The Kier molecular flexibility index (Phi) is 5.14. The highest BCUT2D eigenvalue weighted by atomic mass is 35.5. The number of para-hydroxylation sites is 1. The average molecular weight is 408 g/mol. The highest BCUT2D eigenvalue weighted by molar-refractivity contribution is 6.30. The summed E-state index contributed by atoms with van der Waals surface area (Å²) in [4.78, 5) is 25.6. The van der Waals surface area contributed by atoms with Crippen LogP contribution in [0.25, 0.3) is 11.0 Å². The first-order valence-electron chi connectivity index (χ1n) is 8.87. The molecule has 0 aliphatic rings. The number of amides is 1. The summed E-state index contributed by atoms with van der Waals surface area (Å²) in [7, 11) is 0. The number of ketones is 1. The molecule has 0 saturated carbocycles. The standard InChI is InChI=1S/C23H15ClFNO3/c24-16-9-5-14(6-10-16)13-20(27)26-21-18-3-1-2-4-19(18)29-23(21)22(28)15-7-11-17(25)12-8-15/h1-12H,13H2,(H,26,27). The van der Waals surface area contributed by atoms with Crippen molar-refractivity contribution in [2.24, 2.45) is 0 Å². The van der Waals surface area contributed by atoms with Crippen LogP contribution in [0.15, 0.2) is 77.2 Å². The van der Waals surface area contributed by atoms with Crippen LogP contribution in [-0.4, -0.2) is 11.7 Å². The molecule has 4 nitrogen and oxygen atoms in total. The molecule has 3 aromatic carbocycles. The predicted molar refractivity (Wildman–Crippen MR) is 110 cm³/mol. The fourth-order valence-electron chi connectivity index (χ4n) is 3.03. The third kappa shape index (κ3) is 4.05. The SMILES string of the molecule is O=C(Cc1ccc(Cl)cc1)Nc1c(C(=O)c2ccc(F)cc2)oc2ccccc12. The van der Waals surface area contributed by atoms with Gasteiger partial charge < -0.3 is 9.73 Å². The molecule has 0 aliphatic carbocycles. The fraction of sp³-hybridized carbons (Fsp3) is 0.0435. The van der Waals surface area contributed by atoms with Gasteiger partial charge in [-0.2, -0.15) is 0 Å². The minimum atomic E-state index is -0.442. The fourth-order valence-corrected chi connectivity index (χ4v) is 3.16. The summed E-state index contributed by atoms with van der Waals surface area (Å²) in [6.07, 6.45) is 0.112. The third-order valence-corrected chi connectivity index (χ3v) is 4.70. The van der Waals surface area contributed by atoms with E-state index >= 15 is 0 Å². The maximum atomic E-state index is 13.2. The van der Waals surface area contributed by atoms with Crippen LogP contribution in [0.5, 0.6) is 0 Å². The largest absolute Gasteiger partial charge is 0.450 e. The van der Waals surface area contributed by atoms with Crippen LogP contribution in [0.3, 0.4) is 0 Å². The molecular weight excluding hydrogens is 393 g/mol. The molecule has 1 amide bonds. The molecule has 0 saturated heterocycles. The molecule has 0 fully saturated rings. The number of benzene rings is 3. The highest BCUT2D eigenvalue weighted by Gasteiger charge is 2.23. The highest BCUT2D eigenvalue weighted by Crippen LogP contribution is 2.32. The number of anilines is 1. The van der Waals surface area contributed by atoms with Gasteiger partial charge in [0, 0.05) is 16.0 Å². The smallest absolute Gasteiger partial charge is 0.230 e. The van der Waals surface area contributed by atoms with Crippen molar-refractivity contribution in [3.05, 3.63) is 101 Å². The van der Waals surface area contributed by atoms with E-state index in [0.29, 0.717) is 21.7 Å². The molecule has 4 rings (SSSR count). The van der Waals surface area contributed by atoms with E-state index in [1.54, 1.807) is 48.5 Å². The van der Waals surface area contributed by atoms with Gasteiger partial charge in [-0.1, -0.05) is 35.9 Å². The van der Waals surface area contributed by atoms with Crippen molar-refractivity contribution in [3.8, 4) is 0 Å². The third-order valence-electron chi connectivity index (χ3n) is 4.45. The number of halogens is 2. The van der Waals surface area contributed by atoms with Crippen molar-refractivity contribution >= 4 is 39.9 Å². The van der Waals surface area contributed by atoms with Crippen molar-refractivity contribution in [1.82, 2.24) is 0 Å². The molecule has 144 valence electrons. The number of carbonyl (C=O) groups is 2. The van der Waals surface area contributed by atoms with Crippen molar-refractivity contribution in [2.45, 2.75) is 6.42 Å². The second kappa shape index (κ2) is 7.89. The first-order valence-corrected chi connectivity index (χ1v) is 9.25. The van der Waals surface area contributed by atoms with Crippen molar-refractivity contribution < 1.29 is 18.4 Å². The number of hydrogen-bond acceptors (Lipinski definition) is 3. The topological polar surface area (TPSA) is 59.3 Å². The van der Waals surface area contributed by atoms with E-state index in [2.05, 4.69) is 5.32 Å². The maximum Gasteiger partial charge on any atom is 0.230 e. The lowest BCUT2D eigenvalue weighted by atomic mass is 10.1. The van der Waals surface area contributed by atoms with Crippen LogP contribution in [0, 0.1) is 5.82 Å². The van der Waals surface area contributed by atoms with Crippen molar-refractivity contribution in [2.75, 3.05) is 5.32 Å². The Hall–Kier alpha value is -3.44. The molecule has 0 aliphatic heterocycles. The first kappa shape index (κ1) is 18.9. The van der Waals surface area contributed by atoms with Gasteiger partial charge >= 0.3 is 0 Å². The van der Waals surface area contributed by atoms with Crippen LogP contribution in [0.2, 0.25) is 5.02 Å². The van der Waals surface area contributed by atoms with Crippen molar-refractivity contribution in [3.63, 3.8) is 0 Å². The molecule has 29 heavy (non-hydrogen) atoms. The first-order chi connectivity index (χ1) is 14.0. The molecule has 0 bridgehead atoms. The summed E-state index contributed by atoms with van der Waals surface area (Å²) in [5, 5.41) is 4.00. The quantitative estimate of drug-likeness (QED) is 0.436. The Bertz CT molecular complexity index is 1200. The van der Waals surface area contributed by atoms with Crippen molar-refractivity contribution in [1.29, 1.82) is 0 Å². The van der Waals surface area contributed by atoms with Gasteiger partial charge in [0.1, 0.15) is 11.4 Å². The zero-order chi connectivity index (χ0) is 20.4. The lowest BCUT2D eigenvalue weighted by Crippen LogP contribution is -2.16. The van der Waals surface area contributed by atoms with Gasteiger partial charge in [0.15, 0.2) is 5.76 Å². The molecule has 4 aromatic rings. The van der Waals surface area contributed by atoms with E-state index in [9.17, 15) is 14.0 Å². The average Bonchev–Trinajstić information content (AvgIpc) is 3.08. The Morgan fingerprint density at radius 3 is 2.34 bits per heavy atom. The molecule has 1 heterocycles. The normalized spacial score (nSPS) is 10.8. The predicted octanol–water partition coefficient (Wildman–Crippen LogP) is 5.64. The van der Waals surface area contributed by atoms with E-state index in [1.807, 2.05) is 0 Å². The molecule has 1 aromatic heterocycles. The Morgan fingerprint density at radius 1 is 0.931 bits per heavy atom. The van der Waals surface area contributed by atoms with Gasteiger partial charge in [-0.3, -0.25) is 9.59 Å². The summed E-state index contributed by atoms with van der Waals surface area (Å²) in [5.74, 6) is -1.18. The molecular formula is C23H15ClFNO3. The van der Waals surface area contributed by atoms with Gasteiger partial charge in [0.2, 0.25) is 11.7 Å².